The molecule has 0 amide bonds. The van der Waals surface area contributed by atoms with E-state index in [9.17, 15) is 35.9 Å². The third kappa shape index (κ3) is 6.11. The van der Waals surface area contributed by atoms with Crippen molar-refractivity contribution in [3.05, 3.63) is 77.1 Å². The van der Waals surface area contributed by atoms with E-state index < -0.39 is 47.3 Å². The Bertz CT molecular complexity index is 1350. The molecule has 0 saturated heterocycles. The van der Waals surface area contributed by atoms with Gasteiger partial charge in [-0.3, -0.25) is 14.7 Å². The van der Waals surface area contributed by atoms with E-state index in [1.54, 1.807) is 0 Å². The molecule has 5 unspecified atom stereocenters. The first kappa shape index (κ1) is 28.0. The van der Waals surface area contributed by atoms with Crippen LogP contribution in [-0.4, -0.2) is 32.4 Å². The number of rotatable bonds is 8. The summed E-state index contributed by atoms with van der Waals surface area (Å²) in [5.74, 6) is -3.01. The molecule has 0 bridgehead atoms. The Morgan fingerprint density at radius 1 is 0.825 bits per heavy atom. The quantitative estimate of drug-likeness (QED) is 0.269. The lowest BCUT2D eigenvalue weighted by Crippen LogP contribution is -2.24. The SMILES string of the molecule is O=C(OCc1ccc(C(F)(F)F)cc1)C1CC(Sc2ncn[nH]2)C2C(C(=O)OCc3ccc(C(F)(F)F)cc3)C12. The molecule has 212 valence electrons. The van der Waals surface area contributed by atoms with Crippen molar-refractivity contribution in [1.82, 2.24) is 15.2 Å². The molecule has 1 aromatic heterocycles. The van der Waals surface area contributed by atoms with Gasteiger partial charge in [0.2, 0.25) is 0 Å². The molecule has 14 heteroatoms. The number of esters is 2. The standard InChI is InChI=1S/C26H21F6N3O4S/c27-25(28,29)15-5-1-13(2-6-15)10-38-22(36)17-9-18(40-24-33-12-34-35-24)20-19(17)21(20)23(37)39-11-14-3-7-16(8-4-14)26(30,31)32/h1-8,12,17-21H,9-11H2,(H,33,34,35). The van der Waals surface area contributed by atoms with Gasteiger partial charge in [-0.2, -0.15) is 31.4 Å². The Labute approximate surface area is 227 Å². The van der Waals surface area contributed by atoms with Crippen molar-refractivity contribution in [2.45, 2.75) is 42.4 Å². The summed E-state index contributed by atoms with van der Waals surface area (Å²) < 4.78 is 87.5. The molecule has 2 aliphatic rings. The van der Waals surface area contributed by atoms with Gasteiger partial charge in [0.05, 0.1) is 23.0 Å². The second-order valence-corrected chi connectivity index (χ2v) is 10.8. The molecule has 5 rings (SSSR count). The highest BCUT2D eigenvalue weighted by molar-refractivity contribution is 7.99. The first-order valence-electron chi connectivity index (χ1n) is 12.1. The monoisotopic (exact) mass is 585 g/mol. The Hall–Kier alpha value is -3.55. The fourth-order valence-corrected chi connectivity index (χ4v) is 6.41. The van der Waals surface area contributed by atoms with Crippen LogP contribution >= 0.6 is 11.8 Å². The maximum atomic E-state index is 13.0. The van der Waals surface area contributed by atoms with E-state index in [-0.39, 0.29) is 30.3 Å². The smallest absolute Gasteiger partial charge is 0.416 e. The zero-order valence-corrected chi connectivity index (χ0v) is 21.2. The summed E-state index contributed by atoms with van der Waals surface area (Å²) in [6.45, 7) is -0.455. The van der Waals surface area contributed by atoms with Crippen LogP contribution in [0.2, 0.25) is 0 Å². The number of carbonyl (C=O) groups is 2. The molecule has 2 aliphatic carbocycles. The molecule has 2 aromatic carbocycles. The number of ether oxygens (including phenoxy) is 2. The second kappa shape index (κ2) is 10.8. The van der Waals surface area contributed by atoms with E-state index in [0.717, 1.165) is 24.3 Å². The predicted octanol–water partition coefficient (Wildman–Crippen LogP) is 5.67. The number of halogens is 6. The van der Waals surface area contributed by atoms with Gasteiger partial charge in [0, 0.05) is 5.25 Å². The summed E-state index contributed by atoms with van der Waals surface area (Å²) in [6.07, 6.45) is -7.25. The van der Waals surface area contributed by atoms with E-state index in [1.165, 1.54) is 42.4 Å². The average molecular weight is 586 g/mol. The molecular formula is C26H21F6N3O4S. The van der Waals surface area contributed by atoms with Crippen LogP contribution in [-0.2, 0) is 44.6 Å². The Morgan fingerprint density at radius 3 is 1.82 bits per heavy atom. The maximum absolute atomic E-state index is 13.0. The van der Waals surface area contributed by atoms with Crippen LogP contribution in [0.25, 0.3) is 0 Å². The molecule has 2 fully saturated rings. The molecule has 3 aromatic rings. The molecule has 0 radical (unpaired) electrons. The Kier molecular flexibility index (Phi) is 7.55. The summed E-state index contributed by atoms with van der Waals surface area (Å²) in [7, 11) is 0. The number of nitrogens with one attached hydrogen (secondary N) is 1. The highest BCUT2D eigenvalue weighted by atomic mass is 32.2. The van der Waals surface area contributed by atoms with E-state index in [1.807, 2.05) is 0 Å². The topological polar surface area (TPSA) is 94.2 Å². The fourth-order valence-electron chi connectivity index (χ4n) is 5.10. The number of nitrogens with zero attached hydrogens (tertiary/aromatic N) is 2. The number of hydrogen-bond donors (Lipinski definition) is 1. The van der Waals surface area contributed by atoms with Gasteiger partial charge in [-0.25, -0.2) is 4.98 Å². The summed E-state index contributed by atoms with van der Waals surface area (Å²) in [5.41, 5.74) is -0.868. The van der Waals surface area contributed by atoms with Crippen molar-refractivity contribution in [1.29, 1.82) is 0 Å². The molecule has 5 atom stereocenters. The lowest BCUT2D eigenvalue weighted by molar-refractivity contribution is -0.152. The van der Waals surface area contributed by atoms with Gasteiger partial charge in [-0.05, 0) is 53.6 Å². The zero-order chi connectivity index (χ0) is 28.7. The normalized spacial score (nSPS) is 23.9. The third-order valence-electron chi connectivity index (χ3n) is 7.07. The van der Waals surface area contributed by atoms with Gasteiger partial charge in [0.1, 0.15) is 19.5 Å². The van der Waals surface area contributed by atoms with Gasteiger partial charge >= 0.3 is 24.3 Å². The van der Waals surface area contributed by atoms with E-state index in [4.69, 9.17) is 9.47 Å². The molecular weight excluding hydrogens is 564 g/mol. The molecule has 40 heavy (non-hydrogen) atoms. The van der Waals surface area contributed by atoms with Crippen molar-refractivity contribution < 1.29 is 45.4 Å². The lowest BCUT2D eigenvalue weighted by atomic mass is 10.00. The summed E-state index contributed by atoms with van der Waals surface area (Å²) in [4.78, 5) is 30.0. The van der Waals surface area contributed by atoms with Gasteiger partial charge in [0.15, 0.2) is 5.16 Å². The van der Waals surface area contributed by atoms with Crippen LogP contribution in [0.1, 0.15) is 28.7 Å². The number of hydrogen-bond acceptors (Lipinski definition) is 7. The first-order chi connectivity index (χ1) is 18.9. The van der Waals surface area contributed by atoms with Crippen molar-refractivity contribution in [3.8, 4) is 0 Å². The lowest BCUT2D eigenvalue weighted by Gasteiger charge is -2.18. The van der Waals surface area contributed by atoms with Crippen LogP contribution in [0.4, 0.5) is 26.3 Å². The number of benzene rings is 2. The number of thioether (sulfide) groups is 1. The van der Waals surface area contributed by atoms with E-state index in [2.05, 4.69) is 15.2 Å². The summed E-state index contributed by atoms with van der Waals surface area (Å²) in [6, 6.07) is 8.54. The molecule has 0 spiro atoms. The van der Waals surface area contributed by atoms with Crippen LogP contribution in [0.3, 0.4) is 0 Å². The van der Waals surface area contributed by atoms with Gasteiger partial charge in [-0.15, -0.1) is 0 Å². The highest BCUT2D eigenvalue weighted by Crippen LogP contribution is 2.64. The Morgan fingerprint density at radius 2 is 1.35 bits per heavy atom. The molecule has 1 heterocycles. The predicted molar refractivity (Wildman–Crippen MR) is 127 cm³/mol. The van der Waals surface area contributed by atoms with Gasteiger partial charge in [-0.1, -0.05) is 36.0 Å². The maximum Gasteiger partial charge on any atom is 0.416 e. The number of aromatic amines is 1. The highest BCUT2D eigenvalue weighted by Gasteiger charge is 2.68. The van der Waals surface area contributed by atoms with Crippen LogP contribution in [0.15, 0.2) is 60.0 Å². The minimum atomic E-state index is -4.48. The van der Waals surface area contributed by atoms with Gasteiger partial charge < -0.3 is 9.47 Å². The van der Waals surface area contributed by atoms with Crippen molar-refractivity contribution in [3.63, 3.8) is 0 Å². The Balaban J connectivity index is 1.22. The largest absolute Gasteiger partial charge is 0.461 e. The fraction of sp³-hybridized carbons (Fsp3) is 0.385. The zero-order valence-electron chi connectivity index (χ0n) is 20.4. The average Bonchev–Trinajstić information content (AvgIpc) is 3.22. The minimum absolute atomic E-state index is 0.190. The van der Waals surface area contributed by atoms with Gasteiger partial charge in [0.25, 0.3) is 0 Å². The van der Waals surface area contributed by atoms with Crippen molar-refractivity contribution in [2.24, 2.45) is 23.7 Å². The molecule has 7 nitrogen and oxygen atoms in total. The van der Waals surface area contributed by atoms with E-state index >= 15 is 0 Å². The number of aromatic nitrogens is 3. The summed E-state index contributed by atoms with van der Waals surface area (Å²) in [5, 5.41) is 6.84. The summed E-state index contributed by atoms with van der Waals surface area (Å²) >= 11 is 1.33. The third-order valence-corrected chi connectivity index (χ3v) is 8.30. The molecule has 0 aliphatic heterocycles. The van der Waals surface area contributed by atoms with Crippen molar-refractivity contribution >= 4 is 23.7 Å². The molecule has 2 saturated carbocycles. The number of alkyl halides is 6. The van der Waals surface area contributed by atoms with E-state index in [0.29, 0.717) is 22.7 Å². The first-order valence-corrected chi connectivity index (χ1v) is 13.0. The van der Waals surface area contributed by atoms with Crippen LogP contribution in [0.5, 0.6) is 0 Å². The number of H-pyrrole nitrogens is 1. The van der Waals surface area contributed by atoms with Crippen LogP contribution < -0.4 is 0 Å². The number of fused-ring (bicyclic) bond motifs is 1. The number of carbonyl (C=O) groups excluding carboxylic acids is 2. The van der Waals surface area contributed by atoms with Crippen LogP contribution in [0, 0.1) is 23.7 Å². The minimum Gasteiger partial charge on any atom is -0.461 e. The van der Waals surface area contributed by atoms with Crippen molar-refractivity contribution in [2.75, 3.05) is 0 Å². The second-order valence-electron chi connectivity index (χ2n) is 9.57. The molecule has 1 N–H and O–H groups in total.